The lowest BCUT2D eigenvalue weighted by molar-refractivity contribution is 0.136. The molecule has 0 heterocycles. The standard InChI is InChI=1S/C7H13O/c1-6-2-4-7(8)5-3-6/h7-8H,2-5H2,1H3. The summed E-state index contributed by atoms with van der Waals surface area (Å²) < 4.78 is 0. The van der Waals surface area contributed by atoms with Crippen LogP contribution in [0.4, 0.5) is 0 Å². The molecule has 0 bridgehead atoms. The van der Waals surface area contributed by atoms with Crippen LogP contribution in [0.5, 0.6) is 0 Å². The van der Waals surface area contributed by atoms with E-state index in [9.17, 15) is 0 Å². The SMILES string of the molecule is C[C]1CCC(O)CC1. The monoisotopic (exact) mass is 113 g/mol. The number of aliphatic hydroxyl groups excluding tert-OH is 1. The van der Waals surface area contributed by atoms with Crippen molar-refractivity contribution in [2.75, 3.05) is 0 Å². The Hall–Kier alpha value is -0.0400. The van der Waals surface area contributed by atoms with Crippen LogP contribution >= 0.6 is 0 Å². The van der Waals surface area contributed by atoms with Gasteiger partial charge in [0.25, 0.3) is 0 Å². The molecule has 1 rings (SSSR count). The summed E-state index contributed by atoms with van der Waals surface area (Å²) in [6.07, 6.45) is 4.26. The average molecular weight is 113 g/mol. The molecule has 0 saturated heterocycles. The van der Waals surface area contributed by atoms with E-state index in [0.717, 1.165) is 25.7 Å². The summed E-state index contributed by atoms with van der Waals surface area (Å²) in [5, 5.41) is 9.01. The van der Waals surface area contributed by atoms with Crippen molar-refractivity contribution in [3.05, 3.63) is 5.92 Å². The fraction of sp³-hybridized carbons (Fsp3) is 0.857. The maximum absolute atomic E-state index is 9.01. The van der Waals surface area contributed by atoms with Gasteiger partial charge in [0.05, 0.1) is 6.10 Å². The van der Waals surface area contributed by atoms with Crippen molar-refractivity contribution in [1.29, 1.82) is 0 Å². The van der Waals surface area contributed by atoms with E-state index in [4.69, 9.17) is 5.11 Å². The molecular formula is C7H13O. The van der Waals surface area contributed by atoms with E-state index in [0.29, 0.717) is 0 Å². The molecule has 1 N–H and O–H groups in total. The summed E-state index contributed by atoms with van der Waals surface area (Å²) in [5.41, 5.74) is 0. The zero-order valence-electron chi connectivity index (χ0n) is 5.35. The number of aliphatic hydroxyl groups is 1. The average Bonchev–Trinajstić information content (AvgIpc) is 1.77. The predicted octanol–water partition coefficient (Wildman–Crippen LogP) is 1.52. The van der Waals surface area contributed by atoms with Gasteiger partial charge < -0.3 is 5.11 Å². The second-order valence-corrected chi connectivity index (χ2v) is 2.69. The van der Waals surface area contributed by atoms with Crippen molar-refractivity contribution in [3.8, 4) is 0 Å². The second kappa shape index (κ2) is 2.49. The summed E-state index contributed by atoms with van der Waals surface area (Å²) in [6.45, 7) is 2.17. The van der Waals surface area contributed by atoms with Crippen molar-refractivity contribution < 1.29 is 5.11 Å². The van der Waals surface area contributed by atoms with Crippen molar-refractivity contribution in [3.63, 3.8) is 0 Å². The lowest BCUT2D eigenvalue weighted by Gasteiger charge is -2.20. The van der Waals surface area contributed by atoms with E-state index in [1.807, 2.05) is 0 Å². The van der Waals surface area contributed by atoms with Crippen LogP contribution in [0.2, 0.25) is 0 Å². The summed E-state index contributed by atoms with van der Waals surface area (Å²) in [4.78, 5) is 0. The van der Waals surface area contributed by atoms with Gasteiger partial charge in [0.15, 0.2) is 0 Å². The van der Waals surface area contributed by atoms with E-state index in [1.165, 1.54) is 0 Å². The third-order valence-electron chi connectivity index (χ3n) is 1.81. The molecule has 8 heavy (non-hydrogen) atoms. The van der Waals surface area contributed by atoms with E-state index in [2.05, 4.69) is 6.92 Å². The fourth-order valence-electron chi connectivity index (χ4n) is 1.10. The molecule has 0 unspecified atom stereocenters. The molecule has 1 aliphatic rings. The van der Waals surface area contributed by atoms with Gasteiger partial charge in [0.2, 0.25) is 0 Å². The van der Waals surface area contributed by atoms with Gasteiger partial charge in [-0.3, -0.25) is 0 Å². The van der Waals surface area contributed by atoms with Gasteiger partial charge in [-0.1, -0.05) is 6.92 Å². The molecule has 47 valence electrons. The predicted molar refractivity (Wildman–Crippen MR) is 33.4 cm³/mol. The lowest BCUT2D eigenvalue weighted by Crippen LogP contribution is -2.14. The third kappa shape index (κ3) is 1.48. The largest absolute Gasteiger partial charge is 0.393 e. The molecule has 1 heteroatoms. The summed E-state index contributed by atoms with van der Waals surface area (Å²) >= 11 is 0. The van der Waals surface area contributed by atoms with Gasteiger partial charge in [0.1, 0.15) is 0 Å². The minimum atomic E-state index is -0.00120. The summed E-state index contributed by atoms with van der Waals surface area (Å²) in [5.74, 6) is 1.55. The van der Waals surface area contributed by atoms with Crippen molar-refractivity contribution in [1.82, 2.24) is 0 Å². The van der Waals surface area contributed by atoms with Gasteiger partial charge in [-0.2, -0.15) is 0 Å². The molecule has 1 aliphatic carbocycles. The first kappa shape index (κ1) is 6.09. The van der Waals surface area contributed by atoms with Gasteiger partial charge in [0, 0.05) is 0 Å². The molecule has 1 radical (unpaired) electrons. The first-order chi connectivity index (χ1) is 3.79. The maximum atomic E-state index is 9.01. The Morgan fingerprint density at radius 1 is 1.38 bits per heavy atom. The maximum Gasteiger partial charge on any atom is 0.0540 e. The molecular weight excluding hydrogens is 100 g/mol. The molecule has 0 aromatic carbocycles. The second-order valence-electron chi connectivity index (χ2n) is 2.69. The molecule has 1 saturated carbocycles. The van der Waals surface area contributed by atoms with Crippen LogP contribution < -0.4 is 0 Å². The normalized spacial score (nSPS) is 26.2. The van der Waals surface area contributed by atoms with Crippen molar-refractivity contribution in [2.24, 2.45) is 0 Å². The van der Waals surface area contributed by atoms with Crippen LogP contribution in [0.25, 0.3) is 0 Å². The third-order valence-corrected chi connectivity index (χ3v) is 1.81. The van der Waals surface area contributed by atoms with E-state index < -0.39 is 0 Å². The molecule has 0 amide bonds. The minimum Gasteiger partial charge on any atom is -0.393 e. The zero-order chi connectivity index (χ0) is 5.98. The molecule has 1 nitrogen and oxygen atoms in total. The lowest BCUT2D eigenvalue weighted by atomic mass is 9.89. The first-order valence-corrected chi connectivity index (χ1v) is 3.28. The Labute approximate surface area is 50.7 Å². The Bertz CT molecular complexity index is 52.8. The highest BCUT2D eigenvalue weighted by molar-refractivity contribution is 4.89. The number of rotatable bonds is 0. The fourth-order valence-corrected chi connectivity index (χ4v) is 1.10. The highest BCUT2D eigenvalue weighted by Crippen LogP contribution is 2.24. The Morgan fingerprint density at radius 3 is 2.25 bits per heavy atom. The summed E-state index contributed by atoms with van der Waals surface area (Å²) in [7, 11) is 0. The Kier molecular flexibility index (Phi) is 1.90. The van der Waals surface area contributed by atoms with Gasteiger partial charge in [-0.15, -0.1) is 0 Å². The molecule has 1 fully saturated rings. The van der Waals surface area contributed by atoms with Crippen molar-refractivity contribution in [2.45, 2.75) is 38.7 Å². The van der Waals surface area contributed by atoms with Crippen LogP contribution in [0, 0.1) is 5.92 Å². The molecule has 0 aliphatic heterocycles. The van der Waals surface area contributed by atoms with Crippen LogP contribution in [-0.2, 0) is 0 Å². The topological polar surface area (TPSA) is 20.2 Å². The van der Waals surface area contributed by atoms with Crippen LogP contribution in [-0.4, -0.2) is 11.2 Å². The number of hydrogen-bond acceptors (Lipinski definition) is 1. The highest BCUT2D eigenvalue weighted by Gasteiger charge is 2.14. The van der Waals surface area contributed by atoms with Crippen LogP contribution in [0.1, 0.15) is 32.6 Å². The molecule has 0 spiro atoms. The van der Waals surface area contributed by atoms with E-state index >= 15 is 0 Å². The minimum absolute atomic E-state index is 0.00120. The van der Waals surface area contributed by atoms with Gasteiger partial charge >= 0.3 is 0 Å². The zero-order valence-corrected chi connectivity index (χ0v) is 5.35. The first-order valence-electron chi connectivity index (χ1n) is 3.28. The van der Waals surface area contributed by atoms with E-state index in [-0.39, 0.29) is 6.10 Å². The van der Waals surface area contributed by atoms with Crippen molar-refractivity contribution >= 4 is 0 Å². The smallest absolute Gasteiger partial charge is 0.0540 e. The number of hydrogen-bond donors (Lipinski definition) is 1. The molecule has 0 aromatic rings. The van der Waals surface area contributed by atoms with Crippen LogP contribution in [0.3, 0.4) is 0 Å². The quantitative estimate of drug-likeness (QED) is 0.505. The Balaban J connectivity index is 2.19. The highest BCUT2D eigenvalue weighted by atomic mass is 16.3. The van der Waals surface area contributed by atoms with E-state index in [1.54, 1.807) is 5.92 Å². The van der Waals surface area contributed by atoms with Gasteiger partial charge in [-0.25, -0.2) is 0 Å². The molecule has 0 atom stereocenters. The Morgan fingerprint density at radius 2 is 1.88 bits per heavy atom. The summed E-state index contributed by atoms with van der Waals surface area (Å²) in [6, 6.07) is 0. The molecule has 0 aromatic heterocycles. The van der Waals surface area contributed by atoms with Gasteiger partial charge in [-0.05, 0) is 31.6 Å². The van der Waals surface area contributed by atoms with Crippen LogP contribution in [0.15, 0.2) is 0 Å².